The first-order valence-corrected chi connectivity index (χ1v) is 24.3. The molecule has 0 radical (unpaired) electrons. The molecule has 66 heavy (non-hydrogen) atoms. The van der Waals surface area contributed by atoms with E-state index in [9.17, 15) is 0 Å². The zero-order chi connectivity index (χ0) is 43.5. The molecule has 2 heteroatoms. The molecule has 2 aromatic heterocycles. The predicted octanol–water partition coefficient (Wildman–Crippen LogP) is 16.7. The lowest BCUT2D eigenvalue weighted by atomic mass is 9.65. The molecule has 1 aliphatic heterocycles. The third-order valence-corrected chi connectivity index (χ3v) is 16.5. The molecule has 0 saturated heterocycles. The second-order valence-corrected chi connectivity index (χ2v) is 19.8. The molecule has 3 unspecified atom stereocenters. The van der Waals surface area contributed by atoms with Crippen molar-refractivity contribution in [3.63, 3.8) is 0 Å². The van der Waals surface area contributed by atoms with Gasteiger partial charge in [0.25, 0.3) is 0 Å². The lowest BCUT2D eigenvalue weighted by Crippen LogP contribution is -2.33. The summed E-state index contributed by atoms with van der Waals surface area (Å²) in [6.45, 7) is 2.38. The van der Waals surface area contributed by atoms with Crippen molar-refractivity contribution >= 4 is 48.8 Å². The summed E-state index contributed by atoms with van der Waals surface area (Å²) in [4.78, 5) is 1.43. The smallest absolute Gasteiger partial charge is 0.0754 e. The fourth-order valence-corrected chi connectivity index (χ4v) is 13.7. The molecule has 0 saturated carbocycles. The summed E-state index contributed by atoms with van der Waals surface area (Å²) >= 11 is 1.95. The summed E-state index contributed by atoms with van der Waals surface area (Å²) in [5.41, 5.74) is 22.1. The van der Waals surface area contributed by atoms with Crippen molar-refractivity contribution in [3.8, 4) is 27.9 Å². The monoisotopic (exact) mass is 859 g/mol. The topological polar surface area (TPSA) is 4.93 Å². The van der Waals surface area contributed by atoms with Crippen LogP contribution in [-0.2, 0) is 11.8 Å². The van der Waals surface area contributed by atoms with E-state index >= 15 is 0 Å². The quantitative estimate of drug-likeness (QED) is 0.157. The van der Waals surface area contributed by atoms with E-state index in [1.54, 1.807) is 0 Å². The zero-order valence-corrected chi connectivity index (χ0v) is 37.5. The summed E-state index contributed by atoms with van der Waals surface area (Å²) in [5.74, 6) is 0.660. The van der Waals surface area contributed by atoms with Crippen molar-refractivity contribution in [2.24, 2.45) is 0 Å². The predicted molar refractivity (Wildman–Crippen MR) is 277 cm³/mol. The number of hydrogen-bond donors (Lipinski definition) is 0. The van der Waals surface area contributed by atoms with Crippen LogP contribution >= 0.6 is 11.3 Å². The summed E-state index contributed by atoms with van der Waals surface area (Å²) in [5, 5.41) is 4.03. The third-order valence-electron chi connectivity index (χ3n) is 15.3. The van der Waals surface area contributed by atoms with Gasteiger partial charge in [0.05, 0.1) is 22.1 Å². The molecule has 3 atom stereocenters. The van der Waals surface area contributed by atoms with Crippen LogP contribution in [0.25, 0.3) is 65.4 Å². The van der Waals surface area contributed by atoms with E-state index in [0.29, 0.717) is 5.92 Å². The lowest BCUT2D eigenvalue weighted by Gasteiger charge is -2.39. The molecule has 1 spiro atoms. The average molecular weight is 860 g/mol. The van der Waals surface area contributed by atoms with Crippen molar-refractivity contribution in [2.75, 3.05) is 0 Å². The maximum absolute atomic E-state index is 2.58. The Bertz CT molecular complexity index is 3770. The minimum atomic E-state index is -0.479. The van der Waals surface area contributed by atoms with Gasteiger partial charge in [-0.2, -0.15) is 0 Å². The first kappa shape index (κ1) is 37.8. The highest BCUT2D eigenvalue weighted by molar-refractivity contribution is 7.20. The summed E-state index contributed by atoms with van der Waals surface area (Å²) in [6.07, 6.45) is 4.42. The SMILES string of the molecule is CC1CC=C(c2ccc(C(Cc3ccc4c(c3)C3(c5ccccc5-4)c4ccccc4-n4c5ccccc5c5cccc3c54)c3ccc(-c4ccccc4)cc3)cc2)c2sc3ccccc3c21. The molecule has 9 aromatic carbocycles. The van der Waals surface area contributed by atoms with Crippen LogP contribution in [-0.4, -0.2) is 4.57 Å². The molecule has 14 rings (SSSR count). The Balaban J connectivity index is 0.926. The maximum atomic E-state index is 2.58. The minimum Gasteiger partial charge on any atom is -0.309 e. The molecule has 0 amide bonds. The molecular weight excluding hydrogens is 815 g/mol. The molecule has 312 valence electrons. The van der Waals surface area contributed by atoms with E-state index in [4.69, 9.17) is 0 Å². The van der Waals surface area contributed by atoms with Crippen molar-refractivity contribution in [1.29, 1.82) is 0 Å². The summed E-state index contributed by atoms with van der Waals surface area (Å²) < 4.78 is 3.92. The highest BCUT2D eigenvalue weighted by atomic mass is 32.1. The van der Waals surface area contributed by atoms with Gasteiger partial charge in [0.1, 0.15) is 0 Å². The van der Waals surface area contributed by atoms with Gasteiger partial charge in [0, 0.05) is 26.3 Å². The molecule has 0 fully saturated rings. The van der Waals surface area contributed by atoms with Crippen molar-refractivity contribution in [3.05, 3.63) is 273 Å². The Labute approximate surface area is 389 Å². The number of nitrogens with zero attached hydrogens (tertiary/aromatic N) is 1. The van der Waals surface area contributed by atoms with Gasteiger partial charge in [0.2, 0.25) is 0 Å². The van der Waals surface area contributed by atoms with Gasteiger partial charge in [-0.3, -0.25) is 0 Å². The largest absolute Gasteiger partial charge is 0.309 e. The number of aromatic nitrogens is 1. The van der Waals surface area contributed by atoms with Gasteiger partial charge < -0.3 is 4.57 Å². The third kappa shape index (κ3) is 5.34. The van der Waals surface area contributed by atoms with Crippen LogP contribution in [0, 0.1) is 0 Å². The van der Waals surface area contributed by atoms with Crippen LogP contribution in [0.4, 0.5) is 0 Å². The average Bonchev–Trinajstić information content (AvgIpc) is 4.03. The lowest BCUT2D eigenvalue weighted by molar-refractivity contribution is 0.742. The Hall–Kier alpha value is -7.52. The molecule has 11 aromatic rings. The van der Waals surface area contributed by atoms with Gasteiger partial charge in [-0.15, -0.1) is 11.3 Å². The zero-order valence-electron chi connectivity index (χ0n) is 36.7. The van der Waals surface area contributed by atoms with E-state index < -0.39 is 5.41 Å². The number of hydrogen-bond acceptors (Lipinski definition) is 1. The van der Waals surface area contributed by atoms with Crippen LogP contribution in [0.1, 0.15) is 80.1 Å². The maximum Gasteiger partial charge on any atom is 0.0754 e. The van der Waals surface area contributed by atoms with E-state index in [2.05, 4.69) is 230 Å². The Morgan fingerprint density at radius 3 is 2.00 bits per heavy atom. The Morgan fingerprint density at radius 1 is 0.530 bits per heavy atom. The standard InChI is InChI=1S/C64H45NS/c1-40-26-36-47(63-61(40)52-18-7-12-25-60(52)66-63)44-32-34-46(35-33-44)53(45-30-28-43(29-31-45)42-14-3-2-4-15-42)38-41-27-37-49-48-16-5-8-20-54(48)64(57(49)39-41)55-21-9-11-24-59(55)65-58-23-10-6-17-50(58)51-19-13-22-56(64)62(51)65/h2-25,27-37,39-40,53H,26,38H2,1H3. The minimum absolute atomic E-state index is 0.145. The first-order chi connectivity index (χ1) is 32.6. The normalized spacial score (nSPS) is 17.1. The number of thiophene rings is 1. The first-order valence-electron chi connectivity index (χ1n) is 23.5. The van der Waals surface area contributed by atoms with Crippen molar-refractivity contribution < 1.29 is 0 Å². The van der Waals surface area contributed by atoms with E-state index in [1.807, 2.05) is 11.3 Å². The van der Waals surface area contributed by atoms with E-state index in [0.717, 1.165) is 12.8 Å². The van der Waals surface area contributed by atoms with Gasteiger partial charge in [-0.1, -0.05) is 207 Å². The summed E-state index contributed by atoms with van der Waals surface area (Å²) in [6, 6.07) is 80.5. The fraction of sp³-hybridized carbons (Fsp3) is 0.0938. The second-order valence-electron chi connectivity index (χ2n) is 18.7. The number of para-hydroxylation sites is 3. The van der Waals surface area contributed by atoms with Crippen molar-refractivity contribution in [1.82, 2.24) is 4.57 Å². The van der Waals surface area contributed by atoms with Crippen LogP contribution in [0.15, 0.2) is 218 Å². The highest BCUT2D eigenvalue weighted by Gasteiger charge is 2.50. The molecular formula is C64H45NS. The number of fused-ring (bicyclic) bond motifs is 15. The molecule has 3 heterocycles. The molecule has 1 nitrogen and oxygen atoms in total. The van der Waals surface area contributed by atoms with Crippen molar-refractivity contribution in [2.45, 2.75) is 37.0 Å². The number of allylic oxidation sites excluding steroid dienone is 1. The fourth-order valence-electron chi connectivity index (χ4n) is 12.3. The Kier molecular flexibility index (Phi) is 8.30. The van der Waals surface area contributed by atoms with E-state index in [-0.39, 0.29) is 5.92 Å². The molecule has 0 bridgehead atoms. The van der Waals surface area contributed by atoms with Gasteiger partial charge in [0.15, 0.2) is 0 Å². The highest BCUT2D eigenvalue weighted by Crippen LogP contribution is 2.61. The second kappa shape index (κ2) is 14.5. The van der Waals surface area contributed by atoms with Crippen LogP contribution in [0.5, 0.6) is 0 Å². The van der Waals surface area contributed by atoms with E-state index in [1.165, 1.54) is 120 Å². The van der Waals surface area contributed by atoms with Crippen LogP contribution in [0.2, 0.25) is 0 Å². The summed E-state index contributed by atoms with van der Waals surface area (Å²) in [7, 11) is 0. The molecule has 2 aliphatic carbocycles. The molecule has 3 aliphatic rings. The van der Waals surface area contributed by atoms with Crippen LogP contribution < -0.4 is 0 Å². The molecule has 0 N–H and O–H groups in total. The number of rotatable bonds is 6. The van der Waals surface area contributed by atoms with Gasteiger partial charge in [-0.25, -0.2) is 0 Å². The number of benzene rings is 9. The van der Waals surface area contributed by atoms with Gasteiger partial charge >= 0.3 is 0 Å². The van der Waals surface area contributed by atoms with Crippen LogP contribution in [0.3, 0.4) is 0 Å². The Morgan fingerprint density at radius 2 is 1.17 bits per heavy atom. The van der Waals surface area contributed by atoms with Gasteiger partial charge in [-0.05, 0) is 120 Å².